The van der Waals surface area contributed by atoms with Crippen molar-refractivity contribution >= 4 is 9.84 Å². The molecule has 84 valence electrons. The highest BCUT2D eigenvalue weighted by atomic mass is 32.2. The third kappa shape index (κ3) is 3.47. The van der Waals surface area contributed by atoms with Crippen molar-refractivity contribution < 1.29 is 22.3 Å². The number of hydrogen-bond acceptors (Lipinski definition) is 3. The molecule has 1 aromatic carbocycles. The summed E-state index contributed by atoms with van der Waals surface area (Å²) in [5.74, 6) is -4.82. The van der Waals surface area contributed by atoms with E-state index >= 15 is 0 Å². The van der Waals surface area contributed by atoms with E-state index in [0.29, 0.717) is 6.92 Å². The molecule has 6 heteroatoms. The Labute approximate surface area is 86.3 Å². The highest BCUT2D eigenvalue weighted by Crippen LogP contribution is 2.22. The molecule has 0 aliphatic carbocycles. The molecule has 0 aliphatic heterocycles. The van der Waals surface area contributed by atoms with Crippen molar-refractivity contribution in [2.75, 3.05) is 5.75 Å². The molecule has 0 atom stereocenters. The number of halogens is 2. The van der Waals surface area contributed by atoms with Crippen molar-refractivity contribution in [3.8, 4) is 5.75 Å². The molecule has 0 aliphatic rings. The largest absolute Gasteiger partial charge is 0.508 e. The Hall–Kier alpha value is -1.17. The van der Waals surface area contributed by atoms with Crippen LogP contribution in [-0.2, 0) is 9.84 Å². The zero-order chi connectivity index (χ0) is 11.7. The fraction of sp³-hybridized carbons (Fsp3) is 0.333. The van der Waals surface area contributed by atoms with Crippen molar-refractivity contribution in [2.24, 2.45) is 0 Å². The van der Waals surface area contributed by atoms with Crippen LogP contribution in [0.25, 0.3) is 0 Å². The van der Waals surface area contributed by atoms with Gasteiger partial charge in [0, 0.05) is 6.92 Å². The van der Waals surface area contributed by atoms with Crippen molar-refractivity contribution in [3.63, 3.8) is 0 Å². The molecule has 1 aromatic rings. The quantitative estimate of drug-likeness (QED) is 0.870. The predicted octanol–water partition coefficient (Wildman–Crippen LogP) is 1.82. The van der Waals surface area contributed by atoms with Crippen LogP contribution in [0.15, 0.2) is 29.2 Å². The Morgan fingerprint density at radius 2 is 2.00 bits per heavy atom. The lowest BCUT2D eigenvalue weighted by atomic mass is 10.3. The van der Waals surface area contributed by atoms with Gasteiger partial charge in [-0.05, 0) is 18.2 Å². The van der Waals surface area contributed by atoms with Gasteiger partial charge in [-0.3, -0.25) is 0 Å². The minimum atomic E-state index is -4.05. The molecule has 0 radical (unpaired) electrons. The standard InChI is InChI=1S/C9H10F2O3S/c1-9(10,11)6-15(13,14)8-4-2-3-7(12)5-8/h2-5,12H,6H2,1H3. The predicted molar refractivity (Wildman–Crippen MR) is 50.8 cm³/mol. The van der Waals surface area contributed by atoms with Gasteiger partial charge in [0.15, 0.2) is 9.84 Å². The van der Waals surface area contributed by atoms with E-state index in [1.54, 1.807) is 0 Å². The van der Waals surface area contributed by atoms with Gasteiger partial charge in [-0.25, -0.2) is 17.2 Å². The van der Waals surface area contributed by atoms with Gasteiger partial charge in [0.1, 0.15) is 11.5 Å². The van der Waals surface area contributed by atoms with Crippen LogP contribution in [0.4, 0.5) is 8.78 Å². The lowest BCUT2D eigenvalue weighted by Crippen LogP contribution is -2.24. The van der Waals surface area contributed by atoms with Gasteiger partial charge >= 0.3 is 0 Å². The number of benzene rings is 1. The average molecular weight is 236 g/mol. The van der Waals surface area contributed by atoms with Crippen LogP contribution in [-0.4, -0.2) is 25.2 Å². The molecule has 0 spiro atoms. The van der Waals surface area contributed by atoms with Crippen LogP contribution >= 0.6 is 0 Å². The maximum Gasteiger partial charge on any atom is 0.259 e. The van der Waals surface area contributed by atoms with Crippen LogP contribution in [0, 0.1) is 0 Å². The molecule has 1 N–H and O–H groups in total. The molecule has 0 fully saturated rings. The molecule has 0 unspecified atom stereocenters. The van der Waals surface area contributed by atoms with Gasteiger partial charge in [-0.15, -0.1) is 0 Å². The van der Waals surface area contributed by atoms with E-state index in [1.807, 2.05) is 0 Å². The summed E-state index contributed by atoms with van der Waals surface area (Å²) in [6.07, 6.45) is 0. The van der Waals surface area contributed by atoms with Crippen molar-refractivity contribution in [2.45, 2.75) is 17.7 Å². The molecular weight excluding hydrogens is 226 g/mol. The van der Waals surface area contributed by atoms with Crippen LogP contribution < -0.4 is 0 Å². The number of rotatable bonds is 3. The van der Waals surface area contributed by atoms with Gasteiger partial charge in [-0.2, -0.15) is 0 Å². The Kier molecular flexibility index (Phi) is 2.99. The molecule has 0 bridgehead atoms. The fourth-order valence-electron chi connectivity index (χ4n) is 1.09. The number of sulfone groups is 1. The SMILES string of the molecule is CC(F)(F)CS(=O)(=O)c1cccc(O)c1. The lowest BCUT2D eigenvalue weighted by molar-refractivity contribution is 0.0473. The second-order valence-corrected chi connectivity index (χ2v) is 5.32. The van der Waals surface area contributed by atoms with Gasteiger partial charge < -0.3 is 5.11 Å². The first kappa shape index (κ1) is 11.9. The average Bonchev–Trinajstić information content (AvgIpc) is 1.99. The Balaban J connectivity index is 3.07. The minimum Gasteiger partial charge on any atom is -0.508 e. The highest BCUT2D eigenvalue weighted by molar-refractivity contribution is 7.91. The summed E-state index contributed by atoms with van der Waals surface area (Å²) >= 11 is 0. The van der Waals surface area contributed by atoms with Crippen LogP contribution in [0.3, 0.4) is 0 Å². The number of hydrogen-bond donors (Lipinski definition) is 1. The van der Waals surface area contributed by atoms with Crippen LogP contribution in [0.2, 0.25) is 0 Å². The summed E-state index contributed by atoms with van der Waals surface area (Å²) in [5.41, 5.74) is 0. The normalized spacial score (nSPS) is 12.7. The van der Waals surface area contributed by atoms with Crippen molar-refractivity contribution in [3.05, 3.63) is 24.3 Å². The Morgan fingerprint density at radius 1 is 1.40 bits per heavy atom. The van der Waals surface area contributed by atoms with E-state index in [4.69, 9.17) is 5.11 Å². The third-order valence-corrected chi connectivity index (χ3v) is 3.48. The van der Waals surface area contributed by atoms with E-state index in [-0.39, 0.29) is 10.6 Å². The number of phenols is 1. The molecule has 15 heavy (non-hydrogen) atoms. The second-order valence-electron chi connectivity index (χ2n) is 3.33. The van der Waals surface area contributed by atoms with E-state index in [2.05, 4.69) is 0 Å². The van der Waals surface area contributed by atoms with Crippen molar-refractivity contribution in [1.29, 1.82) is 0 Å². The fourth-order valence-corrected chi connectivity index (χ4v) is 2.51. The zero-order valence-corrected chi connectivity index (χ0v) is 8.76. The summed E-state index contributed by atoms with van der Waals surface area (Å²) < 4.78 is 47.9. The molecule has 0 amide bonds. The van der Waals surface area contributed by atoms with E-state index in [9.17, 15) is 17.2 Å². The molecule has 0 saturated carbocycles. The first-order valence-corrected chi connectivity index (χ1v) is 5.75. The monoisotopic (exact) mass is 236 g/mol. The van der Waals surface area contributed by atoms with Crippen LogP contribution in [0.1, 0.15) is 6.92 Å². The first-order valence-electron chi connectivity index (χ1n) is 4.10. The Morgan fingerprint density at radius 3 is 2.47 bits per heavy atom. The Bertz CT molecular complexity index is 449. The van der Waals surface area contributed by atoms with Gasteiger partial charge in [-0.1, -0.05) is 6.07 Å². The van der Waals surface area contributed by atoms with E-state index < -0.39 is 21.5 Å². The highest BCUT2D eigenvalue weighted by Gasteiger charge is 2.31. The third-order valence-electron chi connectivity index (χ3n) is 1.62. The summed E-state index contributed by atoms with van der Waals surface area (Å²) in [7, 11) is -4.05. The van der Waals surface area contributed by atoms with Gasteiger partial charge in [0.05, 0.1) is 4.90 Å². The summed E-state index contributed by atoms with van der Waals surface area (Å²) in [6, 6.07) is 4.67. The number of aromatic hydroxyl groups is 1. The first-order chi connectivity index (χ1) is 6.71. The van der Waals surface area contributed by atoms with E-state index in [1.165, 1.54) is 18.2 Å². The summed E-state index contributed by atoms with van der Waals surface area (Å²) in [4.78, 5) is -0.302. The summed E-state index contributed by atoms with van der Waals surface area (Å²) in [6.45, 7) is 0.535. The topological polar surface area (TPSA) is 54.4 Å². The maximum absolute atomic E-state index is 12.6. The minimum absolute atomic E-state index is 0.268. The maximum atomic E-state index is 12.6. The molecule has 3 nitrogen and oxygen atoms in total. The smallest absolute Gasteiger partial charge is 0.259 e. The van der Waals surface area contributed by atoms with Crippen LogP contribution in [0.5, 0.6) is 5.75 Å². The zero-order valence-electron chi connectivity index (χ0n) is 7.94. The number of phenolic OH excluding ortho intramolecular Hbond substituents is 1. The van der Waals surface area contributed by atoms with Gasteiger partial charge in [0.25, 0.3) is 5.92 Å². The molecule has 0 heterocycles. The van der Waals surface area contributed by atoms with Gasteiger partial charge in [0.2, 0.25) is 0 Å². The summed E-state index contributed by atoms with van der Waals surface area (Å²) in [5, 5.41) is 9.02. The molecule has 0 saturated heterocycles. The van der Waals surface area contributed by atoms with Crippen molar-refractivity contribution in [1.82, 2.24) is 0 Å². The van der Waals surface area contributed by atoms with E-state index in [0.717, 1.165) is 6.07 Å². The molecular formula is C9H10F2O3S. The second kappa shape index (κ2) is 3.77. The number of alkyl halides is 2. The molecule has 0 aromatic heterocycles. The lowest BCUT2D eigenvalue weighted by Gasteiger charge is -2.10. The molecule has 1 rings (SSSR count).